The van der Waals surface area contributed by atoms with E-state index in [0.29, 0.717) is 0 Å². The molecule has 0 unspecified atom stereocenters. The molecule has 0 saturated heterocycles. The molecular weight excluding hydrogens is 164 g/mol. The third-order valence-electron chi connectivity index (χ3n) is 1.88. The molecular formula is C10H20N2O. The van der Waals surface area contributed by atoms with Crippen LogP contribution in [0.1, 0.15) is 26.7 Å². The number of carbonyl (C=O) groups is 1. The highest BCUT2D eigenvalue weighted by Gasteiger charge is 2.12. The van der Waals surface area contributed by atoms with Gasteiger partial charge in [-0.15, -0.1) is 0 Å². The zero-order valence-corrected chi connectivity index (χ0v) is 8.92. The Hall–Kier alpha value is -0.830. The van der Waals surface area contributed by atoms with Gasteiger partial charge in [-0.25, -0.2) is 5.01 Å². The molecule has 0 aliphatic heterocycles. The molecule has 0 aromatic heterocycles. The number of likely N-dealkylation sites (N-methyl/N-ethyl adjacent to an activating group) is 1. The maximum Gasteiger partial charge on any atom is 0.260 e. The van der Waals surface area contributed by atoms with Crippen molar-refractivity contribution in [1.82, 2.24) is 10.0 Å². The van der Waals surface area contributed by atoms with E-state index in [4.69, 9.17) is 0 Å². The van der Waals surface area contributed by atoms with Crippen LogP contribution in [-0.2, 0) is 4.79 Å². The lowest BCUT2D eigenvalue weighted by atomic mass is 10.4. The predicted molar refractivity (Wildman–Crippen MR) is 55.1 cm³/mol. The van der Waals surface area contributed by atoms with Gasteiger partial charge in [-0.3, -0.25) is 9.80 Å². The summed E-state index contributed by atoms with van der Waals surface area (Å²) in [6.07, 6.45) is 3.45. The Morgan fingerprint density at radius 1 is 1.31 bits per heavy atom. The molecule has 0 heterocycles. The lowest BCUT2D eigenvalue weighted by Crippen LogP contribution is -2.43. The maximum absolute atomic E-state index is 11.3. The summed E-state index contributed by atoms with van der Waals surface area (Å²) in [5.41, 5.74) is 0. The Balaban J connectivity index is 4.16. The molecule has 76 valence electrons. The minimum absolute atomic E-state index is 0.0399. The first kappa shape index (κ1) is 12.2. The van der Waals surface area contributed by atoms with Crippen molar-refractivity contribution in [2.75, 3.05) is 20.1 Å². The van der Waals surface area contributed by atoms with E-state index in [1.807, 2.05) is 5.01 Å². The number of hydrazine groups is 1. The lowest BCUT2D eigenvalue weighted by molar-refractivity contribution is -0.140. The van der Waals surface area contributed by atoms with Crippen molar-refractivity contribution in [3.63, 3.8) is 0 Å². The van der Waals surface area contributed by atoms with E-state index in [1.165, 1.54) is 6.08 Å². The number of carbonyl (C=O) groups excluding carboxylic acids is 1. The topological polar surface area (TPSA) is 23.6 Å². The first-order valence-corrected chi connectivity index (χ1v) is 4.82. The molecule has 0 aliphatic rings. The van der Waals surface area contributed by atoms with Gasteiger partial charge in [0.05, 0.1) is 0 Å². The molecule has 0 N–H and O–H groups in total. The normalized spacial score (nSPS) is 10.2. The van der Waals surface area contributed by atoms with Gasteiger partial charge in [-0.05, 0) is 18.9 Å². The summed E-state index contributed by atoms with van der Waals surface area (Å²) in [6.45, 7) is 9.52. The second-order valence-electron chi connectivity index (χ2n) is 3.02. The molecule has 0 atom stereocenters. The van der Waals surface area contributed by atoms with Crippen molar-refractivity contribution >= 4 is 5.91 Å². The van der Waals surface area contributed by atoms with Gasteiger partial charge < -0.3 is 0 Å². The van der Waals surface area contributed by atoms with E-state index in [9.17, 15) is 4.79 Å². The minimum atomic E-state index is -0.0399. The number of hydrogen-bond acceptors (Lipinski definition) is 2. The molecule has 0 aromatic carbocycles. The minimum Gasteiger partial charge on any atom is -0.275 e. The second-order valence-corrected chi connectivity index (χ2v) is 3.02. The van der Waals surface area contributed by atoms with Gasteiger partial charge in [0, 0.05) is 20.1 Å². The summed E-state index contributed by atoms with van der Waals surface area (Å²) in [5, 5.41) is 3.68. The smallest absolute Gasteiger partial charge is 0.260 e. The molecule has 0 aromatic rings. The van der Waals surface area contributed by atoms with E-state index >= 15 is 0 Å². The predicted octanol–water partition coefficient (Wildman–Crippen LogP) is 1.67. The third kappa shape index (κ3) is 4.08. The first-order valence-electron chi connectivity index (χ1n) is 4.82. The molecule has 0 saturated carbocycles. The summed E-state index contributed by atoms with van der Waals surface area (Å²) >= 11 is 0. The molecule has 0 bridgehead atoms. The van der Waals surface area contributed by atoms with Crippen molar-refractivity contribution in [3.8, 4) is 0 Å². The molecule has 0 rings (SSSR count). The van der Waals surface area contributed by atoms with Crippen molar-refractivity contribution < 1.29 is 4.79 Å². The summed E-state index contributed by atoms with van der Waals surface area (Å²) in [4.78, 5) is 11.3. The molecule has 3 nitrogen and oxygen atoms in total. The van der Waals surface area contributed by atoms with Gasteiger partial charge in [0.2, 0.25) is 0 Å². The highest BCUT2D eigenvalue weighted by atomic mass is 16.2. The Labute approximate surface area is 81.0 Å². The van der Waals surface area contributed by atoms with Crippen LogP contribution in [0.15, 0.2) is 12.7 Å². The largest absolute Gasteiger partial charge is 0.275 e. The van der Waals surface area contributed by atoms with Gasteiger partial charge in [-0.1, -0.05) is 20.4 Å². The van der Waals surface area contributed by atoms with Crippen LogP contribution in [0.5, 0.6) is 0 Å². The number of hydrogen-bond donors (Lipinski definition) is 0. The molecule has 0 radical (unpaired) electrons. The third-order valence-corrected chi connectivity index (χ3v) is 1.88. The Morgan fingerprint density at radius 2 is 1.77 bits per heavy atom. The van der Waals surface area contributed by atoms with Crippen LogP contribution in [0, 0.1) is 0 Å². The highest BCUT2D eigenvalue weighted by molar-refractivity contribution is 5.86. The summed E-state index contributed by atoms with van der Waals surface area (Å²) < 4.78 is 0. The van der Waals surface area contributed by atoms with Gasteiger partial charge in [0.15, 0.2) is 0 Å². The van der Waals surface area contributed by atoms with Gasteiger partial charge >= 0.3 is 0 Å². The Morgan fingerprint density at radius 3 is 2.08 bits per heavy atom. The van der Waals surface area contributed by atoms with E-state index in [1.54, 1.807) is 12.1 Å². The fourth-order valence-corrected chi connectivity index (χ4v) is 1.20. The monoisotopic (exact) mass is 184 g/mol. The van der Waals surface area contributed by atoms with Gasteiger partial charge in [0.25, 0.3) is 5.91 Å². The zero-order chi connectivity index (χ0) is 10.3. The van der Waals surface area contributed by atoms with Crippen LogP contribution >= 0.6 is 0 Å². The van der Waals surface area contributed by atoms with E-state index in [-0.39, 0.29) is 5.91 Å². The van der Waals surface area contributed by atoms with E-state index in [0.717, 1.165) is 25.9 Å². The molecule has 0 spiro atoms. The average molecular weight is 184 g/mol. The summed E-state index contributed by atoms with van der Waals surface area (Å²) in [6, 6.07) is 0. The van der Waals surface area contributed by atoms with Crippen LogP contribution < -0.4 is 0 Å². The lowest BCUT2D eigenvalue weighted by Gasteiger charge is -2.30. The van der Waals surface area contributed by atoms with E-state index in [2.05, 4.69) is 20.4 Å². The quantitative estimate of drug-likeness (QED) is 0.463. The van der Waals surface area contributed by atoms with Crippen LogP contribution in [0.4, 0.5) is 0 Å². The molecule has 0 fully saturated rings. The summed E-state index contributed by atoms with van der Waals surface area (Å²) in [5.74, 6) is -0.0399. The van der Waals surface area contributed by atoms with Crippen molar-refractivity contribution in [2.45, 2.75) is 26.7 Å². The number of nitrogens with zero attached hydrogens (tertiary/aromatic N) is 2. The first-order chi connectivity index (χ1) is 6.17. The molecule has 13 heavy (non-hydrogen) atoms. The van der Waals surface area contributed by atoms with Crippen molar-refractivity contribution in [2.24, 2.45) is 0 Å². The molecule has 3 heteroatoms. The second kappa shape index (κ2) is 6.66. The maximum atomic E-state index is 11.3. The van der Waals surface area contributed by atoms with Crippen LogP contribution in [0.2, 0.25) is 0 Å². The molecule has 0 aliphatic carbocycles. The van der Waals surface area contributed by atoms with Crippen molar-refractivity contribution in [1.29, 1.82) is 0 Å². The van der Waals surface area contributed by atoms with Gasteiger partial charge in [-0.2, -0.15) is 0 Å². The van der Waals surface area contributed by atoms with Crippen LogP contribution in [0.3, 0.4) is 0 Å². The standard InChI is InChI=1S/C10H20N2O/c1-5-8-12(9-6-2)11(4)10(13)7-3/h7H,3,5-6,8-9H2,1-2,4H3. The fraction of sp³-hybridized carbons (Fsp3) is 0.700. The number of rotatable bonds is 6. The molecule has 1 amide bonds. The zero-order valence-electron chi connectivity index (χ0n) is 8.92. The van der Waals surface area contributed by atoms with E-state index < -0.39 is 0 Å². The van der Waals surface area contributed by atoms with Crippen molar-refractivity contribution in [3.05, 3.63) is 12.7 Å². The fourth-order valence-electron chi connectivity index (χ4n) is 1.20. The average Bonchev–Trinajstić information content (AvgIpc) is 2.15. The highest BCUT2D eigenvalue weighted by Crippen LogP contribution is 1.99. The Bertz CT molecular complexity index is 162. The van der Waals surface area contributed by atoms with Crippen LogP contribution in [-0.4, -0.2) is 36.1 Å². The number of amides is 1. The SMILES string of the molecule is C=CC(=O)N(C)N(CCC)CCC. The van der Waals surface area contributed by atoms with Crippen LogP contribution in [0.25, 0.3) is 0 Å². The van der Waals surface area contributed by atoms with Gasteiger partial charge in [0.1, 0.15) is 0 Å². The Kier molecular flexibility index (Phi) is 6.24. The summed E-state index contributed by atoms with van der Waals surface area (Å²) in [7, 11) is 1.79.